The van der Waals surface area contributed by atoms with E-state index in [1.165, 1.54) is 62.5 Å². The van der Waals surface area contributed by atoms with E-state index in [-0.39, 0.29) is 40.4 Å². The molecule has 6 rings (SSSR count). The Morgan fingerprint density at radius 3 is 2.40 bits per heavy atom. The Balaban J connectivity index is 1.41. The average molecular weight is 754 g/mol. The van der Waals surface area contributed by atoms with Crippen LogP contribution in [0, 0.1) is 5.41 Å². The molecule has 1 amide bonds. The van der Waals surface area contributed by atoms with Gasteiger partial charge in [0.15, 0.2) is 17.3 Å². The van der Waals surface area contributed by atoms with Gasteiger partial charge in [-0.1, -0.05) is 41.9 Å². The van der Waals surface area contributed by atoms with Crippen LogP contribution in [0.1, 0.15) is 67.4 Å². The zero-order valence-electron chi connectivity index (χ0n) is 30.5. The number of alkyl halides is 6. The van der Waals surface area contributed by atoms with E-state index in [1.807, 2.05) is 0 Å². The second-order valence-electron chi connectivity index (χ2n) is 13.4. The summed E-state index contributed by atoms with van der Waals surface area (Å²) in [6, 6.07) is 8.53. The van der Waals surface area contributed by atoms with Gasteiger partial charge in [-0.05, 0) is 55.5 Å². The van der Waals surface area contributed by atoms with Crippen LogP contribution in [-0.2, 0) is 26.8 Å². The van der Waals surface area contributed by atoms with Gasteiger partial charge in [0.05, 0.1) is 29.1 Å². The Morgan fingerprint density at radius 1 is 1.10 bits per heavy atom. The first kappa shape index (κ1) is 32.9. The molecular weight excluding hydrogens is 718 g/mol. The molecule has 0 spiro atoms. The van der Waals surface area contributed by atoms with Crippen LogP contribution in [0.4, 0.5) is 26.3 Å². The second-order valence-corrected chi connectivity index (χ2v) is 13.8. The molecule has 1 fully saturated rings. The molecule has 1 saturated carbocycles. The number of guanidine groups is 1. The number of ether oxygens (including phenoxy) is 1. The Labute approximate surface area is 302 Å². The summed E-state index contributed by atoms with van der Waals surface area (Å²) in [6.07, 6.45) is -3.41. The van der Waals surface area contributed by atoms with E-state index in [2.05, 4.69) is 20.2 Å². The normalized spacial score (nSPS) is 20.3. The SMILES string of the molecule is [2H]C([2H])([2H])n1ncnc1-c1cc([C@@H](COC(=O)CC2(C(F)(F)F)CC2)N2C(=O)[C@@](CC(C)(C)F)(c3ccc(-c4cnn(C(F)F)c4)cc3)N=C2N)ccc1Cl. The van der Waals surface area contributed by atoms with Crippen LogP contribution in [0.25, 0.3) is 22.5 Å². The van der Waals surface area contributed by atoms with Crippen LogP contribution >= 0.6 is 11.6 Å². The van der Waals surface area contributed by atoms with Crippen LogP contribution in [0.5, 0.6) is 0 Å². The summed E-state index contributed by atoms with van der Waals surface area (Å²) in [5.41, 5.74) is 1.14. The van der Waals surface area contributed by atoms with Crippen molar-refractivity contribution in [3.05, 3.63) is 77.3 Å². The Kier molecular flexibility index (Phi) is 8.39. The maximum absolute atomic E-state index is 15.6. The van der Waals surface area contributed by atoms with Crippen LogP contribution in [-0.4, -0.2) is 65.7 Å². The van der Waals surface area contributed by atoms with Gasteiger partial charge in [-0.2, -0.15) is 32.1 Å². The minimum atomic E-state index is -4.66. The summed E-state index contributed by atoms with van der Waals surface area (Å²) in [5, 5.41) is 7.39. The second kappa shape index (κ2) is 13.2. The van der Waals surface area contributed by atoms with Crippen LogP contribution in [0.3, 0.4) is 0 Å². The Bertz CT molecular complexity index is 2130. The van der Waals surface area contributed by atoms with E-state index in [1.54, 1.807) is 0 Å². The van der Waals surface area contributed by atoms with Gasteiger partial charge < -0.3 is 10.5 Å². The molecule has 2 N–H and O–H groups in total. The number of aliphatic imine (C=N–C) groups is 1. The maximum atomic E-state index is 15.6. The fourth-order valence-corrected chi connectivity index (χ4v) is 6.53. The first-order valence-electron chi connectivity index (χ1n) is 17.3. The van der Waals surface area contributed by atoms with E-state index in [4.69, 9.17) is 26.2 Å². The predicted octanol–water partition coefficient (Wildman–Crippen LogP) is 6.90. The maximum Gasteiger partial charge on any atom is 0.395 e. The highest BCUT2D eigenvalue weighted by Gasteiger charge is 2.64. The number of halogens is 7. The largest absolute Gasteiger partial charge is 0.463 e. The van der Waals surface area contributed by atoms with Crippen LogP contribution in [0.15, 0.2) is 66.2 Å². The summed E-state index contributed by atoms with van der Waals surface area (Å²) in [5.74, 6) is -2.77. The molecule has 0 unspecified atom stereocenters. The fraction of sp³-hybridized carbons (Fsp3) is 0.412. The van der Waals surface area contributed by atoms with Gasteiger partial charge in [0.2, 0.25) is 0 Å². The standard InChI is InChI=1S/C34H33ClF6N8O3/c1-31(2,38)17-33(22-7-4-19(5-8-22)21-14-44-48(15-21)29(36)37)28(51)49(30(42)46-33)25(16-52-26(50)13-32(10-11-32)34(39,40)41)20-6-9-24(35)23(12-20)27-43-18-45-47(27)3/h4-9,12,14-15,18,25,29H,10-11,13,16-17H2,1-3H3,(H2,42,46)/t25-,33-/m1/s1/i3D3. The molecule has 2 aromatic carbocycles. The zero-order chi connectivity index (χ0) is 40.3. The van der Waals surface area contributed by atoms with Crippen molar-refractivity contribution in [3.63, 3.8) is 0 Å². The molecular formula is C34H33ClF6N8O3. The number of nitrogens with zero attached hydrogens (tertiary/aromatic N) is 7. The van der Waals surface area contributed by atoms with Gasteiger partial charge in [0, 0.05) is 34.8 Å². The van der Waals surface area contributed by atoms with E-state index < -0.39 is 79.7 Å². The number of carbonyl (C=O) groups excluding carboxylic acids is 2. The third-order valence-corrected chi connectivity index (χ3v) is 9.44. The molecule has 1 aliphatic carbocycles. The number of esters is 1. The average Bonchev–Trinajstić information content (AvgIpc) is 3.40. The summed E-state index contributed by atoms with van der Waals surface area (Å²) < 4.78 is 113. The predicted molar refractivity (Wildman–Crippen MR) is 176 cm³/mol. The van der Waals surface area contributed by atoms with Crippen molar-refractivity contribution in [2.45, 2.75) is 69.5 Å². The number of aromatic nitrogens is 5. The van der Waals surface area contributed by atoms with Crippen molar-refractivity contribution in [2.75, 3.05) is 6.61 Å². The van der Waals surface area contributed by atoms with Crippen molar-refractivity contribution in [2.24, 2.45) is 23.1 Å². The molecule has 0 radical (unpaired) electrons. The third-order valence-electron chi connectivity index (χ3n) is 9.11. The molecule has 2 aromatic heterocycles. The van der Waals surface area contributed by atoms with Gasteiger partial charge in [-0.3, -0.25) is 14.5 Å². The third kappa shape index (κ3) is 6.97. The monoisotopic (exact) mass is 753 g/mol. The van der Waals surface area contributed by atoms with Crippen molar-refractivity contribution < 1.29 is 44.8 Å². The summed E-state index contributed by atoms with van der Waals surface area (Å²) in [6.45, 7) is -4.01. The van der Waals surface area contributed by atoms with E-state index in [0.29, 0.717) is 20.5 Å². The van der Waals surface area contributed by atoms with E-state index in [9.17, 15) is 31.5 Å². The lowest BCUT2D eigenvalue weighted by molar-refractivity contribution is -0.195. The number of benzene rings is 2. The highest BCUT2D eigenvalue weighted by Crippen LogP contribution is 2.60. The highest BCUT2D eigenvalue weighted by atomic mass is 35.5. The number of hydrogen-bond donors (Lipinski definition) is 1. The fourth-order valence-electron chi connectivity index (χ4n) is 6.32. The van der Waals surface area contributed by atoms with Crippen molar-refractivity contribution >= 4 is 29.4 Å². The first-order chi connectivity index (χ1) is 25.5. The smallest absolute Gasteiger partial charge is 0.395 e. The minimum Gasteiger partial charge on any atom is -0.463 e. The van der Waals surface area contributed by atoms with Crippen LogP contribution in [0.2, 0.25) is 5.02 Å². The number of aryl methyl sites for hydroxylation is 1. The molecule has 52 heavy (non-hydrogen) atoms. The molecule has 0 saturated heterocycles. The van der Waals surface area contributed by atoms with E-state index >= 15 is 4.39 Å². The minimum absolute atomic E-state index is 0.000873. The molecule has 1 aliphatic heterocycles. The molecule has 4 aromatic rings. The highest BCUT2D eigenvalue weighted by molar-refractivity contribution is 6.33. The number of rotatable bonds is 12. The number of nitrogens with two attached hydrogens (primary N) is 1. The Hall–Kier alpha value is -4.93. The van der Waals surface area contributed by atoms with Crippen molar-refractivity contribution in [1.82, 2.24) is 29.4 Å². The number of hydrogen-bond acceptors (Lipinski definition) is 8. The lowest BCUT2D eigenvalue weighted by Crippen LogP contribution is -2.48. The molecule has 11 nitrogen and oxygen atoms in total. The van der Waals surface area contributed by atoms with Crippen LogP contribution < -0.4 is 5.73 Å². The van der Waals surface area contributed by atoms with E-state index in [0.717, 1.165) is 17.4 Å². The molecule has 2 aliphatic rings. The van der Waals surface area contributed by atoms with Gasteiger partial charge in [0.1, 0.15) is 18.6 Å². The lowest BCUT2D eigenvalue weighted by Gasteiger charge is -2.33. The summed E-state index contributed by atoms with van der Waals surface area (Å²) >= 11 is 6.48. The van der Waals surface area contributed by atoms with Gasteiger partial charge in [0.25, 0.3) is 5.91 Å². The van der Waals surface area contributed by atoms with Crippen molar-refractivity contribution in [3.8, 4) is 22.5 Å². The summed E-state index contributed by atoms with van der Waals surface area (Å²) in [4.78, 5) is 37.2. The summed E-state index contributed by atoms with van der Waals surface area (Å²) in [7, 11) is 0. The van der Waals surface area contributed by atoms with Gasteiger partial charge in [-0.15, -0.1) is 0 Å². The van der Waals surface area contributed by atoms with Gasteiger partial charge >= 0.3 is 18.7 Å². The quantitative estimate of drug-likeness (QED) is 0.123. The number of carbonyl (C=O) groups is 2. The van der Waals surface area contributed by atoms with Crippen molar-refractivity contribution in [1.29, 1.82) is 0 Å². The molecule has 276 valence electrons. The molecule has 3 heterocycles. The first-order valence-corrected chi connectivity index (χ1v) is 16.2. The number of amides is 1. The van der Waals surface area contributed by atoms with Gasteiger partial charge in [-0.25, -0.2) is 23.7 Å². The molecule has 2 atom stereocenters. The Morgan fingerprint density at radius 2 is 1.81 bits per heavy atom. The topological polar surface area (TPSA) is 134 Å². The molecule has 0 bridgehead atoms. The lowest BCUT2D eigenvalue weighted by atomic mass is 9.80. The zero-order valence-corrected chi connectivity index (χ0v) is 28.3. The molecule has 18 heteroatoms.